The topological polar surface area (TPSA) is 90.5 Å². The molecule has 0 aliphatic carbocycles. The van der Waals surface area contributed by atoms with Gasteiger partial charge in [-0.1, -0.05) is 24.3 Å². The Morgan fingerprint density at radius 2 is 1.76 bits per heavy atom. The van der Waals surface area contributed by atoms with Crippen LogP contribution in [0.1, 0.15) is 72.3 Å². The molecular formula is C41H53N7O2. The molecule has 1 aliphatic heterocycles. The first-order valence-electron chi connectivity index (χ1n) is 18.0. The number of aryl methyl sites for hydroxylation is 2. The van der Waals surface area contributed by atoms with Crippen LogP contribution in [0, 0.1) is 6.92 Å². The minimum absolute atomic E-state index is 0.0975. The van der Waals surface area contributed by atoms with Gasteiger partial charge in [0.2, 0.25) is 0 Å². The van der Waals surface area contributed by atoms with Gasteiger partial charge in [-0.3, -0.25) is 19.3 Å². The SMILES string of the molecule is COc1ccc2[nH]cc(CCN(C(C)C)C(C)CNc3ccccc3NC(=O)c3ccc(C4CCN(Cc5cn(C)nc5C)CC4)cc3)c2c1. The van der Waals surface area contributed by atoms with Gasteiger partial charge in [0.25, 0.3) is 5.91 Å². The highest BCUT2D eigenvalue weighted by Crippen LogP contribution is 2.30. The molecule has 2 aromatic heterocycles. The Hall–Kier alpha value is -4.60. The molecular weight excluding hydrogens is 622 g/mol. The van der Waals surface area contributed by atoms with E-state index in [1.807, 2.05) is 54.2 Å². The highest BCUT2D eigenvalue weighted by Gasteiger charge is 2.23. The third-order valence-electron chi connectivity index (χ3n) is 10.3. The normalized spacial score (nSPS) is 14.8. The molecule has 1 fully saturated rings. The van der Waals surface area contributed by atoms with Gasteiger partial charge in [-0.25, -0.2) is 0 Å². The maximum atomic E-state index is 13.4. The van der Waals surface area contributed by atoms with Crippen LogP contribution >= 0.6 is 0 Å². The Morgan fingerprint density at radius 3 is 2.44 bits per heavy atom. The number of amides is 1. The number of nitrogens with one attached hydrogen (secondary N) is 3. The smallest absolute Gasteiger partial charge is 0.255 e. The second kappa shape index (κ2) is 16.0. The number of nitrogens with zero attached hydrogens (tertiary/aromatic N) is 4. The maximum absolute atomic E-state index is 13.4. The Balaban J connectivity index is 1.01. The van der Waals surface area contributed by atoms with Crippen molar-refractivity contribution in [3.63, 3.8) is 0 Å². The molecule has 0 radical (unpaired) electrons. The van der Waals surface area contributed by atoms with Crippen molar-refractivity contribution in [1.29, 1.82) is 0 Å². The minimum atomic E-state index is -0.0975. The maximum Gasteiger partial charge on any atom is 0.255 e. The van der Waals surface area contributed by atoms with Crippen LogP contribution in [0.25, 0.3) is 10.9 Å². The summed E-state index contributed by atoms with van der Waals surface area (Å²) in [5.41, 5.74) is 8.54. The van der Waals surface area contributed by atoms with Crippen LogP contribution in [0.4, 0.5) is 11.4 Å². The van der Waals surface area contributed by atoms with E-state index in [2.05, 4.69) is 94.9 Å². The summed E-state index contributed by atoms with van der Waals surface area (Å²) in [4.78, 5) is 21.9. The Bertz CT molecular complexity index is 1870. The second-order valence-electron chi connectivity index (χ2n) is 14.1. The van der Waals surface area contributed by atoms with Crippen molar-refractivity contribution < 1.29 is 9.53 Å². The van der Waals surface area contributed by atoms with Crippen molar-refractivity contribution in [2.24, 2.45) is 7.05 Å². The van der Waals surface area contributed by atoms with E-state index in [-0.39, 0.29) is 11.9 Å². The Morgan fingerprint density at radius 1 is 1.02 bits per heavy atom. The van der Waals surface area contributed by atoms with E-state index in [0.29, 0.717) is 17.5 Å². The third kappa shape index (κ3) is 8.40. The number of H-pyrrole nitrogens is 1. The number of hydrogen-bond donors (Lipinski definition) is 3. The summed E-state index contributed by atoms with van der Waals surface area (Å²) in [5, 5.41) is 12.5. The van der Waals surface area contributed by atoms with Gasteiger partial charge < -0.3 is 20.4 Å². The molecule has 50 heavy (non-hydrogen) atoms. The summed E-state index contributed by atoms with van der Waals surface area (Å²) in [7, 11) is 3.69. The molecule has 1 unspecified atom stereocenters. The Labute approximate surface area is 297 Å². The molecule has 6 rings (SSSR count). The van der Waals surface area contributed by atoms with Crippen molar-refractivity contribution in [3.05, 3.63) is 107 Å². The fourth-order valence-corrected chi connectivity index (χ4v) is 7.42. The molecule has 9 heteroatoms. The lowest BCUT2D eigenvalue weighted by atomic mass is 9.89. The summed E-state index contributed by atoms with van der Waals surface area (Å²) in [5.74, 6) is 1.29. The summed E-state index contributed by atoms with van der Waals surface area (Å²) in [6.07, 6.45) is 7.43. The fraction of sp³-hybridized carbons (Fsp3) is 0.415. The first-order chi connectivity index (χ1) is 24.2. The van der Waals surface area contributed by atoms with Crippen molar-refractivity contribution in [3.8, 4) is 5.75 Å². The zero-order valence-corrected chi connectivity index (χ0v) is 30.5. The summed E-state index contributed by atoms with van der Waals surface area (Å²) in [6, 6.07) is 23.0. The Kier molecular flexibility index (Phi) is 11.2. The van der Waals surface area contributed by atoms with Crippen LogP contribution in [0.15, 0.2) is 79.1 Å². The average molecular weight is 676 g/mol. The van der Waals surface area contributed by atoms with Crippen LogP contribution in [0.3, 0.4) is 0 Å². The molecule has 0 saturated carbocycles. The molecule has 1 amide bonds. The second-order valence-corrected chi connectivity index (χ2v) is 14.1. The number of hydrogen-bond acceptors (Lipinski definition) is 6. The van der Waals surface area contributed by atoms with E-state index in [1.54, 1.807) is 7.11 Å². The van der Waals surface area contributed by atoms with Crippen LogP contribution in [-0.2, 0) is 20.0 Å². The number of aromatic amines is 1. The van der Waals surface area contributed by atoms with E-state index in [4.69, 9.17) is 4.74 Å². The summed E-state index contributed by atoms with van der Waals surface area (Å²) >= 11 is 0. The third-order valence-corrected chi connectivity index (χ3v) is 10.3. The van der Waals surface area contributed by atoms with Gasteiger partial charge in [-0.2, -0.15) is 5.10 Å². The van der Waals surface area contributed by atoms with Gasteiger partial charge >= 0.3 is 0 Å². The lowest BCUT2D eigenvalue weighted by molar-refractivity contribution is 0.102. The number of rotatable bonds is 14. The minimum Gasteiger partial charge on any atom is -0.497 e. The number of carbonyl (C=O) groups excluding carboxylic acids is 1. The number of ether oxygens (including phenoxy) is 1. The molecule has 9 nitrogen and oxygen atoms in total. The molecule has 1 saturated heterocycles. The number of anilines is 2. The molecule has 3 N–H and O–H groups in total. The highest BCUT2D eigenvalue weighted by molar-refractivity contribution is 6.05. The van der Waals surface area contributed by atoms with Crippen LogP contribution in [0.5, 0.6) is 5.75 Å². The monoisotopic (exact) mass is 675 g/mol. The van der Waals surface area contributed by atoms with Crippen LogP contribution in [-0.4, -0.2) is 75.8 Å². The molecule has 0 spiro atoms. The van der Waals surface area contributed by atoms with Gasteiger partial charge in [0.1, 0.15) is 5.75 Å². The fourth-order valence-electron chi connectivity index (χ4n) is 7.42. The lowest BCUT2D eigenvalue weighted by Gasteiger charge is -2.33. The summed E-state index contributed by atoms with van der Waals surface area (Å²) in [6.45, 7) is 13.6. The number of likely N-dealkylation sites (tertiary alicyclic amines) is 1. The number of aromatic nitrogens is 3. The number of methoxy groups -OCH3 is 1. The zero-order valence-electron chi connectivity index (χ0n) is 30.5. The number of piperidine rings is 1. The van der Waals surface area contributed by atoms with Gasteiger partial charge in [0, 0.05) is 73.2 Å². The first-order valence-corrected chi connectivity index (χ1v) is 18.0. The number of fused-ring (bicyclic) bond motifs is 1. The molecule has 5 aromatic rings. The zero-order chi connectivity index (χ0) is 35.2. The molecule has 3 aromatic carbocycles. The van der Waals surface area contributed by atoms with E-state index < -0.39 is 0 Å². The van der Waals surface area contributed by atoms with E-state index in [9.17, 15) is 4.79 Å². The van der Waals surface area contributed by atoms with Crippen molar-refractivity contribution in [2.45, 2.75) is 71.5 Å². The molecule has 1 atom stereocenters. The predicted octanol–water partition coefficient (Wildman–Crippen LogP) is 7.60. The molecule has 3 heterocycles. The van der Waals surface area contributed by atoms with E-state index >= 15 is 0 Å². The van der Waals surface area contributed by atoms with Crippen molar-refractivity contribution >= 4 is 28.2 Å². The standard InChI is InChI=1S/C41H53N7O2/c1-28(2)48(22-19-34-25-43-38-16-15-36(50-6)23-37(34)38)29(3)24-42-39-9-7-8-10-40(39)44-41(49)33-13-11-31(12-14-33)32-17-20-47(21-18-32)27-35-26-46(5)45-30(35)4/h7-16,23,25-26,28-29,32,42-43H,17-22,24,27H2,1-6H3,(H,44,49). The average Bonchev–Trinajstić information content (AvgIpc) is 3.68. The molecule has 1 aliphatic rings. The largest absolute Gasteiger partial charge is 0.497 e. The van der Waals surface area contributed by atoms with Gasteiger partial charge in [0.05, 0.1) is 24.2 Å². The predicted molar refractivity (Wildman–Crippen MR) is 204 cm³/mol. The molecule has 0 bridgehead atoms. The van der Waals surface area contributed by atoms with Crippen molar-refractivity contribution in [1.82, 2.24) is 24.6 Å². The summed E-state index contributed by atoms with van der Waals surface area (Å²) < 4.78 is 7.37. The highest BCUT2D eigenvalue weighted by atomic mass is 16.5. The number of para-hydroxylation sites is 2. The quantitative estimate of drug-likeness (QED) is 0.112. The van der Waals surface area contributed by atoms with Gasteiger partial charge in [-0.05, 0) is 120 Å². The number of carbonyl (C=O) groups is 1. The van der Waals surface area contributed by atoms with E-state index in [0.717, 1.165) is 80.3 Å². The lowest BCUT2D eigenvalue weighted by Crippen LogP contribution is -2.43. The van der Waals surface area contributed by atoms with E-state index in [1.165, 1.54) is 22.1 Å². The van der Waals surface area contributed by atoms with Crippen LogP contribution < -0.4 is 15.4 Å². The van der Waals surface area contributed by atoms with Gasteiger partial charge in [-0.15, -0.1) is 0 Å². The number of benzene rings is 3. The van der Waals surface area contributed by atoms with Gasteiger partial charge in [0.15, 0.2) is 0 Å². The van der Waals surface area contributed by atoms with Crippen LogP contribution in [0.2, 0.25) is 0 Å². The first kappa shape index (κ1) is 35.2. The van der Waals surface area contributed by atoms with Crippen molar-refractivity contribution in [2.75, 3.05) is 43.9 Å². The molecule has 264 valence electrons.